The van der Waals surface area contributed by atoms with Gasteiger partial charge in [-0.05, 0) is 0 Å². The highest BCUT2D eigenvalue weighted by Crippen LogP contribution is 2.30. The second-order valence-electron chi connectivity index (χ2n) is 5.87. The van der Waals surface area contributed by atoms with E-state index >= 15 is 0 Å². The molecule has 0 aromatic carbocycles. The fraction of sp³-hybridized carbons (Fsp3) is 0.733. The lowest BCUT2D eigenvalue weighted by atomic mass is 9.98. The molecule has 1 aliphatic rings. The predicted molar refractivity (Wildman–Crippen MR) is 87.9 cm³/mol. The van der Waals surface area contributed by atoms with E-state index in [9.17, 15) is 27.6 Å². The summed E-state index contributed by atoms with van der Waals surface area (Å²) in [5.74, 6) is -3.22. The third-order valence-corrected chi connectivity index (χ3v) is 3.79. The zero-order valence-electron chi connectivity index (χ0n) is 15.9. The molecule has 0 unspecified atom stereocenters. The van der Waals surface area contributed by atoms with E-state index in [1.165, 1.54) is 0 Å². The highest BCUT2D eigenvalue weighted by molar-refractivity contribution is 7.86. The van der Waals surface area contributed by atoms with E-state index in [-0.39, 0.29) is 0 Å². The maximum absolute atomic E-state index is 11.7. The number of esters is 4. The van der Waals surface area contributed by atoms with E-state index in [4.69, 9.17) is 27.9 Å². The van der Waals surface area contributed by atoms with E-state index in [1.54, 1.807) is 0 Å². The van der Waals surface area contributed by atoms with Gasteiger partial charge in [-0.3, -0.25) is 23.4 Å². The predicted octanol–water partition coefficient (Wildman–Crippen LogP) is -0.954. The number of carbonyl (C=O) groups excluding carboxylic acids is 4. The Balaban J connectivity index is 3.37. The van der Waals surface area contributed by atoms with Crippen molar-refractivity contribution in [1.82, 2.24) is 0 Å². The molecule has 0 aromatic rings. The molecule has 1 rings (SSSR count). The molecule has 0 radical (unpaired) electrons. The lowest BCUT2D eigenvalue weighted by Crippen LogP contribution is -2.63. The fourth-order valence-corrected chi connectivity index (χ4v) is 3.04. The normalized spacial score (nSPS) is 27.4. The number of carbonyl (C=O) groups is 4. The van der Waals surface area contributed by atoms with Crippen LogP contribution in [0.5, 0.6) is 0 Å². The minimum Gasteiger partial charge on any atom is -0.463 e. The van der Waals surface area contributed by atoms with Crippen molar-refractivity contribution in [1.29, 1.82) is 0 Å². The van der Waals surface area contributed by atoms with E-state index in [2.05, 4.69) is 0 Å². The molecule has 12 nitrogen and oxygen atoms in total. The van der Waals surface area contributed by atoms with Crippen LogP contribution in [0.3, 0.4) is 0 Å². The third-order valence-electron chi connectivity index (χ3n) is 3.21. The van der Waals surface area contributed by atoms with Crippen LogP contribution in [0, 0.1) is 0 Å². The first-order valence-corrected chi connectivity index (χ1v) is 9.80. The molecule has 0 amide bonds. The van der Waals surface area contributed by atoms with Crippen LogP contribution in [0.4, 0.5) is 0 Å². The van der Waals surface area contributed by atoms with E-state index in [0.29, 0.717) is 6.26 Å². The molecule has 28 heavy (non-hydrogen) atoms. The van der Waals surface area contributed by atoms with Crippen LogP contribution in [0.25, 0.3) is 0 Å². The molecule has 0 aromatic heterocycles. The van der Waals surface area contributed by atoms with Gasteiger partial charge in [0.15, 0.2) is 18.3 Å². The summed E-state index contributed by atoms with van der Waals surface area (Å²) in [6, 6.07) is 0. The van der Waals surface area contributed by atoms with Crippen molar-refractivity contribution in [3.63, 3.8) is 0 Å². The maximum atomic E-state index is 11.7. The maximum Gasteiger partial charge on any atom is 0.305 e. The summed E-state index contributed by atoms with van der Waals surface area (Å²) in [5.41, 5.74) is 0. The van der Waals surface area contributed by atoms with Crippen LogP contribution in [0.1, 0.15) is 27.7 Å². The van der Waals surface area contributed by atoms with Gasteiger partial charge < -0.3 is 23.7 Å². The summed E-state index contributed by atoms with van der Waals surface area (Å²) in [7, 11) is -4.14. The van der Waals surface area contributed by atoms with Crippen molar-refractivity contribution < 1.29 is 55.5 Å². The summed E-state index contributed by atoms with van der Waals surface area (Å²) in [4.78, 5) is 45.6. The van der Waals surface area contributed by atoms with Gasteiger partial charge in [-0.25, -0.2) is 0 Å². The molecule has 0 N–H and O–H groups in total. The van der Waals surface area contributed by atoms with Crippen molar-refractivity contribution in [2.45, 2.75) is 58.4 Å². The largest absolute Gasteiger partial charge is 0.463 e. The van der Waals surface area contributed by atoms with Gasteiger partial charge >= 0.3 is 23.9 Å². The molecule has 13 heteroatoms. The topological polar surface area (TPSA) is 158 Å². The summed E-state index contributed by atoms with van der Waals surface area (Å²) in [6.45, 7) is 3.76. The van der Waals surface area contributed by atoms with Gasteiger partial charge in [-0.15, -0.1) is 0 Å². The lowest BCUT2D eigenvalue weighted by Gasteiger charge is -2.43. The Kier molecular flexibility index (Phi) is 8.32. The highest BCUT2D eigenvalue weighted by atomic mass is 32.2. The molecule has 0 bridgehead atoms. The van der Waals surface area contributed by atoms with Crippen LogP contribution >= 0.6 is 0 Å². The van der Waals surface area contributed by atoms with E-state index in [0.717, 1.165) is 27.7 Å². The van der Waals surface area contributed by atoms with Gasteiger partial charge in [0.1, 0.15) is 12.7 Å². The second kappa shape index (κ2) is 9.80. The standard InChI is InChI=1S/C15H22O12S/c1-7(16)22-6-11-12(23-8(2)17)13(24-9(3)18)14(27-28(5,20)21)15(26-11)25-10(4)19/h11-15H,6H2,1-5H3/t11-,12-,13+,14+,15+/m1/s1. The van der Waals surface area contributed by atoms with Gasteiger partial charge in [-0.2, -0.15) is 8.42 Å². The Bertz CT molecular complexity index is 715. The minimum atomic E-state index is -4.14. The molecule has 0 aliphatic carbocycles. The fourth-order valence-electron chi connectivity index (χ4n) is 2.43. The SMILES string of the molecule is CC(=O)OC[C@H]1O[C@H](OC(C)=O)[C@@H](OS(C)(=O)=O)[C@@H](OC(C)=O)[C@@H]1OC(C)=O. The molecular formula is C15H22O12S. The number of hydrogen-bond acceptors (Lipinski definition) is 12. The first-order chi connectivity index (χ1) is 12.8. The van der Waals surface area contributed by atoms with Crippen LogP contribution in [-0.4, -0.2) is 75.9 Å². The Morgan fingerprint density at radius 2 is 1.29 bits per heavy atom. The summed E-state index contributed by atoms with van der Waals surface area (Å²) in [6.07, 6.45) is -6.84. The quantitative estimate of drug-likeness (QED) is 0.279. The summed E-state index contributed by atoms with van der Waals surface area (Å²) in [5, 5.41) is 0. The Hall–Kier alpha value is -2.25. The van der Waals surface area contributed by atoms with Crippen LogP contribution in [-0.2, 0) is 57.2 Å². The molecule has 1 aliphatic heterocycles. The van der Waals surface area contributed by atoms with E-state index < -0.39 is 71.3 Å². The third kappa shape index (κ3) is 7.78. The van der Waals surface area contributed by atoms with Gasteiger partial charge in [0, 0.05) is 27.7 Å². The van der Waals surface area contributed by atoms with Crippen molar-refractivity contribution in [3.8, 4) is 0 Å². The first kappa shape index (κ1) is 23.8. The Morgan fingerprint density at radius 3 is 1.71 bits per heavy atom. The highest BCUT2D eigenvalue weighted by Gasteiger charge is 2.53. The van der Waals surface area contributed by atoms with Crippen LogP contribution in [0.2, 0.25) is 0 Å². The monoisotopic (exact) mass is 426 g/mol. The van der Waals surface area contributed by atoms with Gasteiger partial charge in [0.2, 0.25) is 6.29 Å². The smallest absolute Gasteiger partial charge is 0.305 e. The zero-order valence-corrected chi connectivity index (χ0v) is 16.7. The number of ether oxygens (including phenoxy) is 5. The molecular weight excluding hydrogens is 404 g/mol. The summed E-state index contributed by atoms with van der Waals surface area (Å²) >= 11 is 0. The van der Waals surface area contributed by atoms with Crippen molar-refractivity contribution in [3.05, 3.63) is 0 Å². The van der Waals surface area contributed by atoms with E-state index in [1.807, 2.05) is 0 Å². The Morgan fingerprint density at radius 1 is 0.786 bits per heavy atom. The lowest BCUT2D eigenvalue weighted by molar-refractivity contribution is -0.291. The molecule has 1 fully saturated rings. The molecule has 0 spiro atoms. The second-order valence-corrected chi connectivity index (χ2v) is 7.47. The van der Waals surface area contributed by atoms with Crippen LogP contribution < -0.4 is 0 Å². The molecule has 5 atom stereocenters. The van der Waals surface area contributed by atoms with Crippen molar-refractivity contribution in [2.24, 2.45) is 0 Å². The average molecular weight is 426 g/mol. The molecule has 160 valence electrons. The molecule has 0 saturated carbocycles. The average Bonchev–Trinajstić information content (AvgIpc) is 2.48. The van der Waals surface area contributed by atoms with Gasteiger partial charge in [-0.1, -0.05) is 0 Å². The van der Waals surface area contributed by atoms with Crippen LogP contribution in [0.15, 0.2) is 0 Å². The summed E-state index contributed by atoms with van der Waals surface area (Å²) < 4.78 is 53.6. The van der Waals surface area contributed by atoms with Gasteiger partial charge in [0.05, 0.1) is 6.26 Å². The van der Waals surface area contributed by atoms with Gasteiger partial charge in [0.25, 0.3) is 10.1 Å². The van der Waals surface area contributed by atoms with Crippen molar-refractivity contribution in [2.75, 3.05) is 12.9 Å². The molecule has 1 heterocycles. The molecule has 1 saturated heterocycles. The zero-order chi connectivity index (χ0) is 21.6. The number of hydrogen-bond donors (Lipinski definition) is 0. The first-order valence-electron chi connectivity index (χ1n) is 7.99. The minimum absolute atomic E-state index is 0.464. The van der Waals surface area contributed by atoms with Crippen molar-refractivity contribution >= 4 is 34.0 Å². The Labute approximate surface area is 161 Å². The number of rotatable bonds is 7.